The third-order valence-electron chi connectivity index (χ3n) is 3.16. The van der Waals surface area contributed by atoms with Crippen LogP contribution >= 0.6 is 0 Å². The highest BCUT2D eigenvalue weighted by Crippen LogP contribution is 2.23. The summed E-state index contributed by atoms with van der Waals surface area (Å²) in [5.41, 5.74) is 4.78. The lowest BCUT2D eigenvalue weighted by molar-refractivity contribution is 0.575. The summed E-state index contributed by atoms with van der Waals surface area (Å²) in [5, 5.41) is 0. The predicted octanol–water partition coefficient (Wildman–Crippen LogP) is 2.91. The van der Waals surface area contributed by atoms with Gasteiger partial charge in [0.2, 0.25) is 5.95 Å². The Morgan fingerprint density at radius 3 is 2.56 bits per heavy atom. The van der Waals surface area contributed by atoms with Gasteiger partial charge in [-0.1, -0.05) is 30.3 Å². The van der Waals surface area contributed by atoms with Gasteiger partial charge in [0.05, 0.1) is 0 Å². The summed E-state index contributed by atoms with van der Waals surface area (Å²) in [6.07, 6.45) is 2.67. The number of aryl methyl sites for hydroxylation is 2. The van der Waals surface area contributed by atoms with Crippen LogP contribution in [-0.2, 0) is 19.3 Å². The monoisotopic (exact) mass is 213 g/mol. The maximum atomic E-state index is 13.0. The van der Waals surface area contributed by atoms with Crippen LogP contribution in [0.3, 0.4) is 0 Å². The molecule has 2 aromatic rings. The first kappa shape index (κ1) is 9.52. The zero-order valence-electron chi connectivity index (χ0n) is 8.91. The summed E-state index contributed by atoms with van der Waals surface area (Å²) >= 11 is 0. The minimum Gasteiger partial charge on any atom is -0.225 e. The minimum atomic E-state index is -0.371. The summed E-state index contributed by atoms with van der Waals surface area (Å²) in [7, 11) is 0. The van der Waals surface area contributed by atoms with E-state index in [4.69, 9.17) is 0 Å². The highest BCUT2D eigenvalue weighted by molar-refractivity contribution is 5.37. The molecule has 0 radical (unpaired) electrons. The first-order chi connectivity index (χ1) is 7.83. The third-order valence-corrected chi connectivity index (χ3v) is 3.16. The SMILES string of the molecule is Fc1ccc2c(n1)CCc1ccccc1C2. The highest BCUT2D eigenvalue weighted by atomic mass is 19.1. The molecule has 2 heteroatoms. The van der Waals surface area contributed by atoms with Crippen LogP contribution in [-0.4, -0.2) is 4.98 Å². The van der Waals surface area contributed by atoms with E-state index in [-0.39, 0.29) is 5.95 Å². The van der Waals surface area contributed by atoms with Crippen LogP contribution in [0, 0.1) is 5.95 Å². The Morgan fingerprint density at radius 2 is 1.69 bits per heavy atom. The molecule has 0 N–H and O–H groups in total. The Morgan fingerprint density at radius 1 is 0.875 bits per heavy atom. The molecular weight excluding hydrogens is 201 g/mol. The van der Waals surface area contributed by atoms with E-state index in [0.29, 0.717) is 0 Å². The smallest absolute Gasteiger partial charge is 0.213 e. The fourth-order valence-corrected chi connectivity index (χ4v) is 2.31. The maximum absolute atomic E-state index is 13.0. The summed E-state index contributed by atoms with van der Waals surface area (Å²) in [4.78, 5) is 3.99. The van der Waals surface area contributed by atoms with Crippen molar-refractivity contribution in [3.05, 3.63) is 64.7 Å². The second-order valence-electron chi connectivity index (χ2n) is 4.19. The number of halogens is 1. The molecule has 0 aliphatic heterocycles. The van der Waals surface area contributed by atoms with Crippen LogP contribution in [0.4, 0.5) is 4.39 Å². The predicted molar refractivity (Wildman–Crippen MR) is 60.9 cm³/mol. The molecule has 1 aromatic carbocycles. The van der Waals surface area contributed by atoms with Crippen LogP contribution in [0.1, 0.15) is 22.4 Å². The summed E-state index contributed by atoms with van der Waals surface area (Å²) in [6, 6.07) is 11.7. The number of hydrogen-bond donors (Lipinski definition) is 0. The van der Waals surface area contributed by atoms with Crippen molar-refractivity contribution in [3.63, 3.8) is 0 Å². The van der Waals surface area contributed by atoms with Crippen LogP contribution in [0.15, 0.2) is 36.4 Å². The van der Waals surface area contributed by atoms with Gasteiger partial charge < -0.3 is 0 Å². The normalized spacial score (nSPS) is 13.8. The Labute approximate surface area is 94.0 Å². The van der Waals surface area contributed by atoms with Gasteiger partial charge in [0, 0.05) is 5.69 Å². The number of hydrogen-bond acceptors (Lipinski definition) is 1. The number of pyridine rings is 1. The Bertz CT molecular complexity index is 534. The third kappa shape index (κ3) is 1.60. The molecule has 16 heavy (non-hydrogen) atoms. The molecule has 1 aliphatic rings. The lowest BCUT2D eigenvalue weighted by atomic mass is 10.0. The van der Waals surface area contributed by atoms with Gasteiger partial charge in [-0.3, -0.25) is 0 Å². The molecule has 3 rings (SSSR count). The van der Waals surface area contributed by atoms with Crippen LogP contribution in [0.2, 0.25) is 0 Å². The van der Waals surface area contributed by atoms with E-state index in [0.717, 1.165) is 30.5 Å². The van der Waals surface area contributed by atoms with E-state index in [1.165, 1.54) is 17.2 Å². The van der Waals surface area contributed by atoms with Gasteiger partial charge in [0.1, 0.15) is 0 Å². The van der Waals surface area contributed by atoms with Gasteiger partial charge in [0.25, 0.3) is 0 Å². The van der Waals surface area contributed by atoms with Crippen molar-refractivity contribution in [2.45, 2.75) is 19.3 Å². The average Bonchev–Trinajstić information content (AvgIpc) is 2.48. The molecular formula is C14H12FN. The van der Waals surface area contributed by atoms with Crippen molar-refractivity contribution < 1.29 is 4.39 Å². The van der Waals surface area contributed by atoms with E-state index in [1.54, 1.807) is 0 Å². The lowest BCUT2D eigenvalue weighted by Gasteiger charge is -2.04. The van der Waals surface area contributed by atoms with Crippen molar-refractivity contribution in [3.8, 4) is 0 Å². The number of rotatable bonds is 0. The fraction of sp³-hybridized carbons (Fsp3) is 0.214. The molecule has 0 atom stereocenters. The molecule has 0 spiro atoms. The molecule has 0 saturated carbocycles. The van der Waals surface area contributed by atoms with Crippen LogP contribution < -0.4 is 0 Å². The Hall–Kier alpha value is -1.70. The number of benzene rings is 1. The first-order valence-electron chi connectivity index (χ1n) is 5.54. The van der Waals surface area contributed by atoms with Gasteiger partial charge >= 0.3 is 0 Å². The van der Waals surface area contributed by atoms with E-state index >= 15 is 0 Å². The number of nitrogens with zero attached hydrogens (tertiary/aromatic N) is 1. The largest absolute Gasteiger partial charge is 0.225 e. The molecule has 0 bridgehead atoms. The van der Waals surface area contributed by atoms with Gasteiger partial charge in [-0.15, -0.1) is 0 Å². The van der Waals surface area contributed by atoms with Crippen LogP contribution in [0.5, 0.6) is 0 Å². The molecule has 1 aliphatic carbocycles. The quantitative estimate of drug-likeness (QED) is 0.613. The average molecular weight is 213 g/mol. The van der Waals surface area contributed by atoms with Gasteiger partial charge in [-0.05, 0) is 42.0 Å². The highest BCUT2D eigenvalue weighted by Gasteiger charge is 2.13. The lowest BCUT2D eigenvalue weighted by Crippen LogP contribution is -1.98. The summed E-state index contributed by atoms with van der Waals surface area (Å²) in [6.45, 7) is 0. The van der Waals surface area contributed by atoms with Crippen molar-refractivity contribution in [1.82, 2.24) is 4.98 Å². The molecule has 0 fully saturated rings. The first-order valence-corrected chi connectivity index (χ1v) is 5.54. The van der Waals surface area contributed by atoms with E-state index < -0.39 is 0 Å². The number of aromatic nitrogens is 1. The minimum absolute atomic E-state index is 0.371. The van der Waals surface area contributed by atoms with Gasteiger partial charge in [0.15, 0.2) is 0 Å². The second kappa shape index (κ2) is 3.71. The van der Waals surface area contributed by atoms with E-state index in [9.17, 15) is 4.39 Å². The molecule has 1 nitrogen and oxygen atoms in total. The van der Waals surface area contributed by atoms with Crippen molar-refractivity contribution >= 4 is 0 Å². The van der Waals surface area contributed by atoms with Gasteiger partial charge in [-0.25, -0.2) is 4.98 Å². The number of fused-ring (bicyclic) bond motifs is 2. The Kier molecular flexibility index (Phi) is 2.21. The van der Waals surface area contributed by atoms with Crippen molar-refractivity contribution in [1.29, 1.82) is 0 Å². The van der Waals surface area contributed by atoms with Crippen molar-refractivity contribution in [2.75, 3.05) is 0 Å². The molecule has 1 aromatic heterocycles. The second-order valence-corrected chi connectivity index (χ2v) is 4.19. The topological polar surface area (TPSA) is 12.9 Å². The standard InChI is InChI=1S/C14H12FN/c15-14-8-6-12-9-11-4-2-1-3-10(11)5-7-13(12)16-14/h1-4,6,8H,5,7,9H2. The van der Waals surface area contributed by atoms with Crippen molar-refractivity contribution in [2.24, 2.45) is 0 Å². The summed E-state index contributed by atoms with van der Waals surface area (Å²) < 4.78 is 13.0. The molecule has 1 heterocycles. The van der Waals surface area contributed by atoms with Gasteiger partial charge in [-0.2, -0.15) is 4.39 Å². The van der Waals surface area contributed by atoms with E-state index in [1.807, 2.05) is 6.07 Å². The van der Waals surface area contributed by atoms with E-state index in [2.05, 4.69) is 29.2 Å². The Balaban J connectivity index is 2.08. The zero-order valence-corrected chi connectivity index (χ0v) is 8.91. The molecule has 0 unspecified atom stereocenters. The fourth-order valence-electron chi connectivity index (χ4n) is 2.31. The molecule has 80 valence electrons. The summed E-state index contributed by atoms with van der Waals surface area (Å²) in [5.74, 6) is -0.371. The molecule has 0 amide bonds. The maximum Gasteiger partial charge on any atom is 0.213 e. The van der Waals surface area contributed by atoms with Crippen LogP contribution in [0.25, 0.3) is 0 Å². The molecule has 0 saturated heterocycles. The zero-order chi connectivity index (χ0) is 11.0.